The van der Waals surface area contributed by atoms with Gasteiger partial charge in [0.05, 0.1) is 15.9 Å². The minimum atomic E-state index is -3.85. The summed E-state index contributed by atoms with van der Waals surface area (Å²) in [5.74, 6) is 0. The van der Waals surface area contributed by atoms with E-state index in [1.54, 1.807) is 0 Å². The standard InChI is InChI=1S/C19H16BrN3O4S/c20-15-5-3-14(4-6-15)19-18-2-1-11-21(18)12-13-22(19)28(26,27)17-9-7-16(8-10-17)23(24)25/h1-11,19H,12-13H2/t19-/m1/s1. The molecule has 28 heavy (non-hydrogen) atoms. The summed E-state index contributed by atoms with van der Waals surface area (Å²) in [7, 11) is -3.85. The van der Waals surface area contributed by atoms with Gasteiger partial charge >= 0.3 is 0 Å². The number of benzene rings is 2. The molecule has 0 aliphatic carbocycles. The van der Waals surface area contributed by atoms with Crippen molar-refractivity contribution in [2.75, 3.05) is 6.54 Å². The van der Waals surface area contributed by atoms with E-state index in [4.69, 9.17) is 0 Å². The van der Waals surface area contributed by atoms with Gasteiger partial charge in [-0.25, -0.2) is 8.42 Å². The van der Waals surface area contributed by atoms with Gasteiger partial charge in [-0.3, -0.25) is 10.1 Å². The third kappa shape index (κ3) is 3.25. The van der Waals surface area contributed by atoms with Crippen LogP contribution in [0.3, 0.4) is 0 Å². The number of rotatable bonds is 4. The maximum Gasteiger partial charge on any atom is 0.269 e. The van der Waals surface area contributed by atoms with Gasteiger partial charge in [0, 0.05) is 41.6 Å². The fourth-order valence-electron chi connectivity index (χ4n) is 3.48. The van der Waals surface area contributed by atoms with Crippen LogP contribution in [-0.4, -0.2) is 28.8 Å². The molecule has 3 aromatic rings. The number of nitro benzene ring substituents is 1. The SMILES string of the molecule is O=[N+]([O-])c1ccc(S(=O)(=O)N2CCn3cccc3[C@H]2c2ccc(Br)cc2)cc1. The zero-order valence-electron chi connectivity index (χ0n) is 14.6. The van der Waals surface area contributed by atoms with Crippen molar-refractivity contribution in [3.8, 4) is 0 Å². The molecule has 1 atom stereocenters. The lowest BCUT2D eigenvalue weighted by Gasteiger charge is -2.36. The van der Waals surface area contributed by atoms with E-state index < -0.39 is 21.0 Å². The number of aromatic nitrogens is 1. The Morgan fingerprint density at radius 2 is 1.68 bits per heavy atom. The van der Waals surface area contributed by atoms with Gasteiger partial charge in [0.1, 0.15) is 0 Å². The molecular weight excluding hydrogens is 446 g/mol. The lowest BCUT2D eigenvalue weighted by molar-refractivity contribution is -0.384. The summed E-state index contributed by atoms with van der Waals surface area (Å²) in [4.78, 5) is 10.4. The van der Waals surface area contributed by atoms with Crippen molar-refractivity contribution in [3.05, 3.63) is 92.7 Å². The highest BCUT2D eigenvalue weighted by molar-refractivity contribution is 9.10. The molecule has 2 aromatic carbocycles. The highest BCUT2D eigenvalue weighted by Gasteiger charge is 2.37. The molecule has 1 aliphatic heterocycles. The van der Waals surface area contributed by atoms with Gasteiger partial charge < -0.3 is 4.57 Å². The quantitative estimate of drug-likeness (QED) is 0.434. The van der Waals surface area contributed by atoms with Gasteiger partial charge in [-0.1, -0.05) is 28.1 Å². The Morgan fingerprint density at radius 3 is 2.32 bits per heavy atom. The lowest BCUT2D eigenvalue weighted by atomic mass is 10.0. The molecule has 9 heteroatoms. The summed E-state index contributed by atoms with van der Waals surface area (Å²) in [5.41, 5.74) is 1.60. The Labute approximate surface area is 170 Å². The molecule has 0 saturated heterocycles. The summed E-state index contributed by atoms with van der Waals surface area (Å²) in [6.45, 7) is 0.851. The van der Waals surface area contributed by atoms with Crippen molar-refractivity contribution >= 4 is 31.6 Å². The number of nitrogens with zero attached hydrogens (tertiary/aromatic N) is 3. The first-order chi connectivity index (χ1) is 13.4. The summed E-state index contributed by atoms with van der Waals surface area (Å²) in [6.07, 6.45) is 1.94. The van der Waals surface area contributed by atoms with Crippen LogP contribution in [0.5, 0.6) is 0 Å². The molecule has 4 rings (SSSR count). The van der Waals surface area contributed by atoms with Gasteiger partial charge in [-0.05, 0) is 42.0 Å². The maximum absolute atomic E-state index is 13.4. The van der Waals surface area contributed by atoms with Crippen LogP contribution in [0.4, 0.5) is 5.69 Å². The molecule has 0 spiro atoms. The Hall–Kier alpha value is -2.49. The molecular formula is C19H16BrN3O4S. The van der Waals surface area contributed by atoms with E-state index in [2.05, 4.69) is 20.5 Å². The molecule has 7 nitrogen and oxygen atoms in total. The molecule has 144 valence electrons. The number of sulfonamides is 1. The highest BCUT2D eigenvalue weighted by Crippen LogP contribution is 2.37. The predicted octanol–water partition coefficient (Wildman–Crippen LogP) is 3.95. The second-order valence-corrected chi connectivity index (χ2v) is 9.25. The van der Waals surface area contributed by atoms with Crippen molar-refractivity contribution < 1.29 is 13.3 Å². The first-order valence-electron chi connectivity index (χ1n) is 8.55. The zero-order chi connectivity index (χ0) is 19.9. The molecule has 0 bridgehead atoms. The maximum atomic E-state index is 13.4. The van der Waals surface area contributed by atoms with Crippen LogP contribution < -0.4 is 0 Å². The van der Waals surface area contributed by atoms with Crippen LogP contribution >= 0.6 is 15.9 Å². The van der Waals surface area contributed by atoms with E-state index in [1.807, 2.05) is 42.6 Å². The van der Waals surface area contributed by atoms with Crippen molar-refractivity contribution in [2.45, 2.75) is 17.5 Å². The molecule has 1 aliphatic rings. The Kier molecular flexibility index (Phi) is 4.82. The molecule has 0 radical (unpaired) electrons. The zero-order valence-corrected chi connectivity index (χ0v) is 17.0. The van der Waals surface area contributed by atoms with E-state index in [0.29, 0.717) is 13.1 Å². The topological polar surface area (TPSA) is 85.4 Å². The van der Waals surface area contributed by atoms with Gasteiger partial charge in [0.15, 0.2) is 0 Å². The van der Waals surface area contributed by atoms with E-state index in [1.165, 1.54) is 28.6 Å². The average molecular weight is 462 g/mol. The van der Waals surface area contributed by atoms with Gasteiger partial charge in [0.25, 0.3) is 5.69 Å². The third-order valence-electron chi connectivity index (χ3n) is 4.83. The smallest absolute Gasteiger partial charge is 0.269 e. The largest absolute Gasteiger partial charge is 0.348 e. The lowest BCUT2D eigenvalue weighted by Crippen LogP contribution is -2.42. The predicted molar refractivity (Wildman–Crippen MR) is 107 cm³/mol. The fraction of sp³-hybridized carbons (Fsp3) is 0.158. The van der Waals surface area contributed by atoms with Crippen LogP contribution in [0, 0.1) is 10.1 Å². The monoisotopic (exact) mass is 461 g/mol. The fourth-order valence-corrected chi connectivity index (χ4v) is 5.32. The minimum Gasteiger partial charge on any atom is -0.348 e. The van der Waals surface area contributed by atoms with Crippen molar-refractivity contribution in [1.29, 1.82) is 0 Å². The van der Waals surface area contributed by atoms with Crippen LogP contribution in [0.1, 0.15) is 17.3 Å². The molecule has 0 saturated carbocycles. The Morgan fingerprint density at radius 1 is 1.00 bits per heavy atom. The second kappa shape index (κ2) is 7.16. The van der Waals surface area contributed by atoms with Gasteiger partial charge in [-0.15, -0.1) is 0 Å². The summed E-state index contributed by atoms with van der Waals surface area (Å²) in [6, 6.07) is 15.9. The number of hydrogen-bond donors (Lipinski definition) is 0. The Bertz CT molecular complexity index is 1120. The molecule has 2 heterocycles. The van der Waals surface area contributed by atoms with Gasteiger partial charge in [0.2, 0.25) is 10.0 Å². The summed E-state index contributed by atoms with van der Waals surface area (Å²) >= 11 is 3.41. The van der Waals surface area contributed by atoms with Crippen LogP contribution in [0.2, 0.25) is 0 Å². The van der Waals surface area contributed by atoms with Crippen molar-refractivity contribution in [3.63, 3.8) is 0 Å². The molecule has 0 amide bonds. The minimum absolute atomic E-state index is 0.0419. The van der Waals surface area contributed by atoms with E-state index >= 15 is 0 Å². The molecule has 0 unspecified atom stereocenters. The average Bonchev–Trinajstić information content (AvgIpc) is 3.17. The molecule has 1 aromatic heterocycles. The van der Waals surface area contributed by atoms with Gasteiger partial charge in [-0.2, -0.15) is 4.31 Å². The summed E-state index contributed by atoms with van der Waals surface area (Å²) in [5, 5.41) is 10.9. The number of halogens is 1. The van der Waals surface area contributed by atoms with Crippen LogP contribution in [0.15, 0.2) is 76.2 Å². The first-order valence-corrected chi connectivity index (χ1v) is 10.8. The normalized spacial score (nSPS) is 17.2. The number of non-ortho nitro benzene ring substituents is 1. The Balaban J connectivity index is 1.80. The van der Waals surface area contributed by atoms with Crippen molar-refractivity contribution in [1.82, 2.24) is 8.87 Å². The van der Waals surface area contributed by atoms with Crippen molar-refractivity contribution in [2.24, 2.45) is 0 Å². The second-order valence-electron chi connectivity index (χ2n) is 6.45. The number of nitro groups is 1. The third-order valence-corrected chi connectivity index (χ3v) is 7.24. The summed E-state index contributed by atoms with van der Waals surface area (Å²) < 4.78 is 31.2. The number of fused-ring (bicyclic) bond motifs is 1. The van der Waals surface area contributed by atoms with Crippen LogP contribution in [0.25, 0.3) is 0 Å². The highest BCUT2D eigenvalue weighted by atomic mass is 79.9. The van der Waals surface area contributed by atoms with Crippen LogP contribution in [-0.2, 0) is 16.6 Å². The van der Waals surface area contributed by atoms with E-state index in [9.17, 15) is 18.5 Å². The van der Waals surface area contributed by atoms with E-state index in [0.717, 1.165) is 15.7 Å². The van der Waals surface area contributed by atoms with E-state index in [-0.39, 0.29) is 10.6 Å². The molecule has 0 fully saturated rings. The first kappa shape index (κ1) is 18.9. The molecule has 0 N–H and O–H groups in total. The number of hydrogen-bond acceptors (Lipinski definition) is 4.